The Balaban J connectivity index is 2.57. The van der Waals surface area contributed by atoms with Crippen molar-refractivity contribution in [2.24, 2.45) is 0 Å². The number of rotatable bonds is 4. The molecule has 0 saturated carbocycles. The molecule has 0 spiro atoms. The van der Waals surface area contributed by atoms with E-state index in [1.165, 1.54) is 5.56 Å². The zero-order valence-electron chi connectivity index (χ0n) is 12.3. The van der Waals surface area contributed by atoms with E-state index >= 15 is 0 Å². The molecule has 1 aromatic carbocycles. The summed E-state index contributed by atoms with van der Waals surface area (Å²) in [5.41, 5.74) is 4.74. The van der Waals surface area contributed by atoms with Gasteiger partial charge in [0.15, 0.2) is 0 Å². The lowest BCUT2D eigenvalue weighted by molar-refractivity contribution is -0.386. The minimum absolute atomic E-state index is 0.114. The van der Waals surface area contributed by atoms with Crippen molar-refractivity contribution in [1.82, 2.24) is 4.98 Å². The number of aryl methyl sites for hydroxylation is 3. The van der Waals surface area contributed by atoms with Crippen molar-refractivity contribution in [3.05, 3.63) is 66.9 Å². The number of pyridine rings is 1. The molecule has 0 aliphatic heterocycles. The van der Waals surface area contributed by atoms with Gasteiger partial charge in [0.2, 0.25) is 0 Å². The van der Waals surface area contributed by atoms with Crippen LogP contribution < -0.4 is 0 Å². The second kappa shape index (κ2) is 6.35. The lowest BCUT2D eigenvalue weighted by Gasteiger charge is -2.12. The molecule has 1 heterocycles. The highest BCUT2D eigenvalue weighted by Gasteiger charge is 2.21. The van der Waals surface area contributed by atoms with Crippen molar-refractivity contribution in [1.29, 1.82) is 0 Å². The molecule has 0 atom stereocenters. The van der Waals surface area contributed by atoms with Crippen LogP contribution in [-0.2, 0) is 12.8 Å². The van der Waals surface area contributed by atoms with Gasteiger partial charge in [-0.25, -0.2) is 4.98 Å². The first kappa shape index (κ1) is 15.6. The van der Waals surface area contributed by atoms with E-state index in [2.05, 4.69) is 33.9 Å². The summed E-state index contributed by atoms with van der Waals surface area (Å²) in [7, 11) is 0. The molecule has 110 valence electrons. The van der Waals surface area contributed by atoms with Gasteiger partial charge >= 0.3 is 0 Å². The van der Waals surface area contributed by atoms with Gasteiger partial charge in [0, 0.05) is 12.0 Å². The Morgan fingerprint density at radius 2 is 2.00 bits per heavy atom. The van der Waals surface area contributed by atoms with E-state index in [4.69, 9.17) is 0 Å². The molecule has 0 aliphatic carbocycles. The van der Waals surface area contributed by atoms with E-state index in [0.717, 1.165) is 17.5 Å². The van der Waals surface area contributed by atoms with E-state index in [0.29, 0.717) is 22.3 Å². The summed E-state index contributed by atoms with van der Waals surface area (Å²) in [6.45, 7) is 5.87. The lowest BCUT2D eigenvalue weighted by atomic mass is 9.95. The van der Waals surface area contributed by atoms with Gasteiger partial charge < -0.3 is 0 Å². The van der Waals surface area contributed by atoms with Crippen LogP contribution in [0.3, 0.4) is 0 Å². The van der Waals surface area contributed by atoms with Crippen molar-refractivity contribution in [3.8, 4) is 0 Å². The quantitative estimate of drug-likeness (QED) is 0.463. The smallest absolute Gasteiger partial charge is 0.258 e. The van der Waals surface area contributed by atoms with E-state index in [1.54, 1.807) is 13.0 Å². The summed E-state index contributed by atoms with van der Waals surface area (Å²) >= 11 is 3.33. The van der Waals surface area contributed by atoms with Gasteiger partial charge in [0.05, 0.1) is 4.92 Å². The number of halogens is 1. The maximum Gasteiger partial charge on any atom is 0.294 e. The van der Waals surface area contributed by atoms with Gasteiger partial charge in [-0.1, -0.05) is 25.1 Å². The third-order valence-electron chi connectivity index (χ3n) is 3.64. The van der Waals surface area contributed by atoms with Crippen LogP contribution in [0.5, 0.6) is 0 Å². The number of hydrogen-bond acceptors (Lipinski definition) is 3. The zero-order chi connectivity index (χ0) is 15.6. The molecule has 21 heavy (non-hydrogen) atoms. The van der Waals surface area contributed by atoms with Crippen LogP contribution in [0, 0.1) is 24.0 Å². The predicted molar refractivity (Wildman–Crippen MR) is 86.7 cm³/mol. The summed E-state index contributed by atoms with van der Waals surface area (Å²) in [5.74, 6) is 0. The van der Waals surface area contributed by atoms with Crippen LogP contribution in [-0.4, -0.2) is 9.91 Å². The highest BCUT2D eigenvalue weighted by atomic mass is 79.9. The summed E-state index contributed by atoms with van der Waals surface area (Å²) in [4.78, 5) is 15.3. The van der Waals surface area contributed by atoms with Gasteiger partial charge in [-0.3, -0.25) is 10.1 Å². The van der Waals surface area contributed by atoms with E-state index < -0.39 is 0 Å². The van der Waals surface area contributed by atoms with Crippen LogP contribution in [0.1, 0.15) is 34.9 Å². The van der Waals surface area contributed by atoms with Gasteiger partial charge in [-0.2, -0.15) is 0 Å². The number of hydrogen-bond donors (Lipinski definition) is 0. The molecule has 1 aromatic heterocycles. The van der Waals surface area contributed by atoms with Crippen molar-refractivity contribution in [3.63, 3.8) is 0 Å². The van der Waals surface area contributed by atoms with Crippen molar-refractivity contribution >= 4 is 21.6 Å². The Morgan fingerprint density at radius 1 is 1.29 bits per heavy atom. The molecular weight excluding hydrogens is 332 g/mol. The summed E-state index contributed by atoms with van der Waals surface area (Å²) in [6.07, 6.45) is 1.38. The molecule has 0 saturated heterocycles. The fourth-order valence-corrected chi connectivity index (χ4v) is 3.13. The topological polar surface area (TPSA) is 56.0 Å². The van der Waals surface area contributed by atoms with Gasteiger partial charge in [-0.15, -0.1) is 0 Å². The molecule has 0 bridgehead atoms. The van der Waals surface area contributed by atoms with Gasteiger partial charge in [0.25, 0.3) is 5.69 Å². The molecule has 0 fully saturated rings. The Labute approximate surface area is 132 Å². The first-order chi connectivity index (χ1) is 9.93. The lowest BCUT2D eigenvalue weighted by Crippen LogP contribution is -2.05. The Kier molecular flexibility index (Phi) is 4.73. The molecule has 2 aromatic rings. The number of benzene rings is 1. The fourth-order valence-electron chi connectivity index (χ4n) is 2.58. The molecule has 4 nitrogen and oxygen atoms in total. The second-order valence-corrected chi connectivity index (χ2v) is 5.87. The van der Waals surface area contributed by atoms with Crippen molar-refractivity contribution in [2.75, 3.05) is 0 Å². The van der Waals surface area contributed by atoms with E-state index in [-0.39, 0.29) is 10.6 Å². The summed E-state index contributed by atoms with van der Waals surface area (Å²) in [5, 5.41) is 11.3. The Hall–Kier alpha value is -1.75. The average molecular weight is 349 g/mol. The summed E-state index contributed by atoms with van der Waals surface area (Å²) in [6, 6.07) is 7.80. The molecule has 0 amide bonds. The number of nitro groups is 1. The average Bonchev–Trinajstić information content (AvgIpc) is 2.39. The van der Waals surface area contributed by atoms with Gasteiger partial charge in [-0.05, 0) is 59.0 Å². The maximum absolute atomic E-state index is 11.3. The van der Waals surface area contributed by atoms with Crippen LogP contribution >= 0.6 is 15.9 Å². The van der Waals surface area contributed by atoms with Crippen molar-refractivity contribution in [2.45, 2.75) is 33.6 Å². The Morgan fingerprint density at radius 3 is 2.62 bits per heavy atom. The number of aromatic nitrogens is 1. The summed E-state index contributed by atoms with van der Waals surface area (Å²) < 4.78 is 0.632. The van der Waals surface area contributed by atoms with Gasteiger partial charge in [0.1, 0.15) is 10.3 Å². The largest absolute Gasteiger partial charge is 0.294 e. The highest BCUT2D eigenvalue weighted by Crippen LogP contribution is 2.28. The SMILES string of the molecule is CCc1cccc(C)c1Cc1nc(Br)cc(C)c1[N+](=O)[O-]. The first-order valence-electron chi connectivity index (χ1n) is 6.81. The molecule has 0 radical (unpaired) electrons. The van der Waals surface area contributed by atoms with E-state index in [1.807, 2.05) is 19.1 Å². The maximum atomic E-state index is 11.3. The molecule has 2 rings (SSSR count). The third kappa shape index (κ3) is 3.29. The van der Waals surface area contributed by atoms with Crippen molar-refractivity contribution < 1.29 is 4.92 Å². The normalized spacial score (nSPS) is 10.7. The van der Waals surface area contributed by atoms with Crippen LogP contribution in [0.2, 0.25) is 0 Å². The second-order valence-electron chi connectivity index (χ2n) is 5.06. The monoisotopic (exact) mass is 348 g/mol. The van der Waals surface area contributed by atoms with Crippen LogP contribution in [0.15, 0.2) is 28.9 Å². The fraction of sp³-hybridized carbons (Fsp3) is 0.312. The van der Waals surface area contributed by atoms with Crippen LogP contribution in [0.25, 0.3) is 0 Å². The highest BCUT2D eigenvalue weighted by molar-refractivity contribution is 9.10. The van der Waals surface area contributed by atoms with Crippen LogP contribution in [0.4, 0.5) is 5.69 Å². The zero-order valence-corrected chi connectivity index (χ0v) is 13.9. The first-order valence-corrected chi connectivity index (χ1v) is 7.61. The standard InChI is InChI=1S/C16H17BrN2O2/c1-4-12-7-5-6-10(2)13(12)9-14-16(19(20)21)11(3)8-15(17)18-14/h5-8H,4,9H2,1-3H3. The third-order valence-corrected chi connectivity index (χ3v) is 4.05. The molecule has 0 aliphatic rings. The number of nitrogens with zero attached hydrogens (tertiary/aromatic N) is 2. The molecular formula is C16H17BrN2O2. The molecule has 0 N–H and O–H groups in total. The molecule has 5 heteroatoms. The minimum Gasteiger partial charge on any atom is -0.258 e. The predicted octanol–water partition coefficient (Wildman–Crippen LogP) is 4.52. The molecule has 0 unspecified atom stereocenters. The Bertz CT molecular complexity index is 699. The van der Waals surface area contributed by atoms with E-state index in [9.17, 15) is 10.1 Å². The minimum atomic E-state index is -0.339.